The second-order valence-corrected chi connectivity index (χ2v) is 12.9. The van der Waals surface area contributed by atoms with Gasteiger partial charge in [0.05, 0.1) is 11.2 Å². The molecule has 2 aromatic heterocycles. The molecule has 1 aliphatic heterocycles. The van der Waals surface area contributed by atoms with E-state index >= 15 is 0 Å². The maximum atomic E-state index is 6.24. The molecule has 2 aromatic rings. The Labute approximate surface area is 134 Å². The van der Waals surface area contributed by atoms with Gasteiger partial charge in [-0.3, -0.25) is 0 Å². The fraction of sp³-hybridized carbons (Fsp3) is 0.562. The summed E-state index contributed by atoms with van der Waals surface area (Å²) in [5.41, 5.74) is 1.47. The number of hydrogen-bond donors (Lipinski definition) is 0. The van der Waals surface area contributed by atoms with Crippen molar-refractivity contribution in [3.8, 4) is 0 Å². The summed E-state index contributed by atoms with van der Waals surface area (Å²) in [6.07, 6.45) is 4.04. The van der Waals surface area contributed by atoms with Crippen LogP contribution in [-0.4, -0.2) is 35.8 Å². The minimum absolute atomic E-state index is 0.326. The van der Waals surface area contributed by atoms with E-state index in [1.165, 1.54) is 0 Å². The van der Waals surface area contributed by atoms with Crippen LogP contribution in [-0.2, 0) is 9.31 Å². The average Bonchev–Trinajstić information content (AvgIpc) is 2.85. The van der Waals surface area contributed by atoms with E-state index in [2.05, 4.69) is 68.8 Å². The molecule has 0 spiro atoms. The zero-order chi connectivity index (χ0) is 16.3. The topological polar surface area (TPSA) is 36.3 Å². The first-order valence-corrected chi connectivity index (χ1v) is 11.3. The SMILES string of the molecule is CC1(C)OB(c2cn([Si](C)(C)C)c3ncccc23)OC1(C)C. The van der Waals surface area contributed by atoms with Crippen molar-refractivity contribution in [3.63, 3.8) is 0 Å². The normalized spacial score (nSPS) is 20.8. The first-order chi connectivity index (χ1) is 10.0. The molecule has 1 fully saturated rings. The lowest BCUT2D eigenvalue weighted by Crippen LogP contribution is -2.41. The number of aromatic nitrogens is 2. The van der Waals surface area contributed by atoms with Crippen LogP contribution in [0.1, 0.15) is 27.7 Å². The third kappa shape index (κ3) is 2.33. The maximum Gasteiger partial charge on any atom is 0.497 e. The second-order valence-electron chi connectivity index (χ2n) is 8.09. The summed E-state index contributed by atoms with van der Waals surface area (Å²) in [7, 11) is -1.89. The molecule has 1 aliphatic rings. The van der Waals surface area contributed by atoms with Gasteiger partial charge in [0.15, 0.2) is 8.24 Å². The Morgan fingerprint density at radius 1 is 1.09 bits per heavy atom. The van der Waals surface area contributed by atoms with Gasteiger partial charge in [-0.2, -0.15) is 0 Å². The van der Waals surface area contributed by atoms with Crippen molar-refractivity contribution in [2.45, 2.75) is 58.5 Å². The zero-order valence-corrected chi connectivity index (χ0v) is 15.6. The lowest BCUT2D eigenvalue weighted by atomic mass is 9.79. The Morgan fingerprint density at radius 3 is 2.23 bits per heavy atom. The average molecular weight is 316 g/mol. The molecule has 6 heteroatoms. The van der Waals surface area contributed by atoms with E-state index < -0.39 is 8.24 Å². The van der Waals surface area contributed by atoms with Crippen molar-refractivity contribution in [3.05, 3.63) is 24.5 Å². The molecule has 0 saturated carbocycles. The Balaban J connectivity index is 2.14. The summed E-state index contributed by atoms with van der Waals surface area (Å²) in [5, 5.41) is 1.13. The van der Waals surface area contributed by atoms with Crippen molar-refractivity contribution in [2.24, 2.45) is 0 Å². The highest BCUT2D eigenvalue weighted by Gasteiger charge is 2.52. The molecular formula is C16H25BN2O2Si. The molecule has 0 unspecified atom stereocenters. The van der Waals surface area contributed by atoms with Crippen LogP contribution in [0, 0.1) is 0 Å². The van der Waals surface area contributed by atoms with Gasteiger partial charge in [0.1, 0.15) is 5.65 Å². The second kappa shape index (κ2) is 4.69. The van der Waals surface area contributed by atoms with Crippen molar-refractivity contribution in [2.75, 3.05) is 0 Å². The molecule has 0 aromatic carbocycles. The van der Waals surface area contributed by atoms with E-state index in [4.69, 9.17) is 9.31 Å². The quantitative estimate of drug-likeness (QED) is 0.799. The Bertz CT molecular complexity index is 702. The van der Waals surface area contributed by atoms with E-state index in [0.29, 0.717) is 0 Å². The third-order valence-electron chi connectivity index (χ3n) is 4.82. The summed E-state index contributed by atoms with van der Waals surface area (Å²) in [6, 6.07) is 4.09. The van der Waals surface area contributed by atoms with Crippen LogP contribution >= 0.6 is 0 Å². The lowest BCUT2D eigenvalue weighted by molar-refractivity contribution is 0.00578. The van der Waals surface area contributed by atoms with Crippen LogP contribution < -0.4 is 5.46 Å². The number of nitrogens with zero attached hydrogens (tertiary/aromatic N) is 2. The highest BCUT2D eigenvalue weighted by molar-refractivity contribution is 6.76. The number of rotatable bonds is 2. The van der Waals surface area contributed by atoms with Gasteiger partial charge in [0, 0.05) is 17.0 Å². The molecule has 22 heavy (non-hydrogen) atoms. The Morgan fingerprint density at radius 2 is 1.68 bits per heavy atom. The molecule has 0 amide bonds. The minimum Gasteiger partial charge on any atom is -0.399 e. The number of pyridine rings is 1. The predicted molar refractivity (Wildman–Crippen MR) is 94.2 cm³/mol. The minimum atomic E-state index is -1.56. The van der Waals surface area contributed by atoms with Gasteiger partial charge < -0.3 is 13.5 Å². The molecule has 0 aliphatic carbocycles. The van der Waals surface area contributed by atoms with Crippen molar-refractivity contribution in [1.29, 1.82) is 0 Å². The molecule has 3 heterocycles. The van der Waals surface area contributed by atoms with Gasteiger partial charge in [-0.05, 0) is 40.0 Å². The summed E-state index contributed by atoms with van der Waals surface area (Å²) in [4.78, 5) is 4.60. The molecule has 0 atom stereocenters. The summed E-state index contributed by atoms with van der Waals surface area (Å²) in [6.45, 7) is 15.3. The fourth-order valence-electron chi connectivity index (χ4n) is 2.75. The van der Waals surface area contributed by atoms with Crippen LogP contribution in [0.3, 0.4) is 0 Å². The Hall–Kier alpha value is -1.11. The standard InChI is InChI=1S/C16H25BN2O2Si/c1-15(2)16(3,4)21-17(20-15)13-11-19(22(5,6)7)14-12(13)9-8-10-18-14/h8-11H,1-7H3. The van der Waals surface area contributed by atoms with Gasteiger partial charge >= 0.3 is 7.12 Å². The third-order valence-corrected chi connectivity index (χ3v) is 6.61. The van der Waals surface area contributed by atoms with E-state index in [1.807, 2.05) is 12.3 Å². The van der Waals surface area contributed by atoms with E-state index in [9.17, 15) is 0 Å². The number of hydrogen-bond acceptors (Lipinski definition) is 3. The molecule has 118 valence electrons. The molecule has 3 rings (SSSR count). The fourth-order valence-corrected chi connectivity index (χ4v) is 4.09. The molecule has 4 nitrogen and oxygen atoms in total. The van der Waals surface area contributed by atoms with Crippen LogP contribution in [0.25, 0.3) is 11.0 Å². The van der Waals surface area contributed by atoms with Crippen LogP contribution in [0.4, 0.5) is 0 Å². The van der Waals surface area contributed by atoms with E-state index in [0.717, 1.165) is 16.5 Å². The summed E-state index contributed by atoms with van der Waals surface area (Å²) in [5.74, 6) is 0. The predicted octanol–water partition coefficient (Wildman–Crippen LogP) is 3.02. The van der Waals surface area contributed by atoms with E-state index in [-0.39, 0.29) is 18.3 Å². The zero-order valence-electron chi connectivity index (χ0n) is 14.6. The van der Waals surface area contributed by atoms with Crippen LogP contribution in [0.5, 0.6) is 0 Å². The van der Waals surface area contributed by atoms with Gasteiger partial charge in [0.2, 0.25) is 0 Å². The summed E-state index contributed by atoms with van der Waals surface area (Å²) >= 11 is 0. The Kier molecular flexibility index (Phi) is 3.37. The van der Waals surface area contributed by atoms with E-state index in [1.54, 1.807) is 0 Å². The largest absolute Gasteiger partial charge is 0.497 e. The van der Waals surface area contributed by atoms with Crippen LogP contribution in [0.2, 0.25) is 19.6 Å². The first kappa shape index (κ1) is 15.8. The van der Waals surface area contributed by atoms with Crippen molar-refractivity contribution >= 4 is 31.9 Å². The lowest BCUT2D eigenvalue weighted by Gasteiger charge is -2.32. The first-order valence-electron chi connectivity index (χ1n) is 7.85. The smallest absolute Gasteiger partial charge is 0.399 e. The van der Waals surface area contributed by atoms with Crippen LogP contribution in [0.15, 0.2) is 24.5 Å². The summed E-state index contributed by atoms with van der Waals surface area (Å²) < 4.78 is 14.8. The molecule has 0 N–H and O–H groups in total. The highest BCUT2D eigenvalue weighted by Crippen LogP contribution is 2.37. The number of fused-ring (bicyclic) bond motifs is 1. The highest BCUT2D eigenvalue weighted by atomic mass is 28.3. The van der Waals surface area contributed by atoms with Gasteiger partial charge in [-0.25, -0.2) is 4.98 Å². The monoisotopic (exact) mass is 316 g/mol. The van der Waals surface area contributed by atoms with Gasteiger partial charge in [-0.1, -0.05) is 25.7 Å². The van der Waals surface area contributed by atoms with Crippen molar-refractivity contribution in [1.82, 2.24) is 9.22 Å². The van der Waals surface area contributed by atoms with Gasteiger partial charge in [-0.15, -0.1) is 0 Å². The van der Waals surface area contributed by atoms with Gasteiger partial charge in [0.25, 0.3) is 0 Å². The molecular weight excluding hydrogens is 291 g/mol. The molecule has 1 saturated heterocycles. The van der Waals surface area contributed by atoms with Crippen molar-refractivity contribution < 1.29 is 9.31 Å². The molecule has 0 radical (unpaired) electrons. The molecule has 0 bridgehead atoms. The maximum absolute atomic E-state index is 6.24.